The number of nitro groups is 2. The topological polar surface area (TPSA) is 219 Å². The molecule has 2 N–H and O–H groups in total. The molecule has 10 heterocycles. The van der Waals surface area contributed by atoms with Crippen LogP contribution < -0.4 is 124 Å². The van der Waals surface area contributed by atoms with Crippen LogP contribution in [0.5, 0.6) is 0 Å². The van der Waals surface area contributed by atoms with Gasteiger partial charge in [0.1, 0.15) is 5.78 Å². The minimum absolute atomic E-state index is 0. The number of benzene rings is 7. The summed E-state index contributed by atoms with van der Waals surface area (Å²) in [5.41, 5.74) is 3.30. The Kier molecular flexibility index (Phi) is 40.1. The third-order valence-corrected chi connectivity index (χ3v) is 28.2. The number of alkyl halides is 1. The molecule has 17 rings (SSSR count). The van der Waals surface area contributed by atoms with E-state index in [1.165, 1.54) is 134 Å². The van der Waals surface area contributed by atoms with Gasteiger partial charge in [0.2, 0.25) is 5.82 Å². The fourth-order valence-electron chi connectivity index (χ4n) is 16.2. The van der Waals surface area contributed by atoms with Gasteiger partial charge in [-0.3, -0.25) is 34.7 Å². The Morgan fingerprint density at radius 1 is 0.649 bits per heavy atom. The number of halogens is 7. The largest absolute Gasteiger partial charge is 1.00 e. The van der Waals surface area contributed by atoms with Crippen LogP contribution in [-0.4, -0.2) is 146 Å². The molecule has 111 heavy (non-hydrogen) atoms. The molecule has 19 nitrogen and oxygen atoms in total. The summed E-state index contributed by atoms with van der Waals surface area (Å²) in [5, 5.41) is 37.5. The number of nitrogens with zero attached hydrogens (tertiary/aromatic N) is 7. The van der Waals surface area contributed by atoms with Crippen LogP contribution in [0.3, 0.4) is 0 Å². The van der Waals surface area contributed by atoms with Crippen LogP contribution in [0.4, 0.5) is 43.3 Å². The number of Topliss-reactive ketones (excluding diaryl/α,β-unsaturated/α-hetero) is 1. The summed E-state index contributed by atoms with van der Waals surface area (Å²) in [6, 6.07) is 55.8. The number of nitrogens with one attached hydrogen (secondary N) is 2. The van der Waals surface area contributed by atoms with E-state index >= 15 is 0 Å². The molecule has 8 fully saturated rings. The van der Waals surface area contributed by atoms with Crippen LogP contribution in [-0.2, 0) is 19.2 Å². The third kappa shape index (κ3) is 26.6. The van der Waals surface area contributed by atoms with Crippen molar-refractivity contribution in [1.29, 1.82) is 0 Å². The third-order valence-electron chi connectivity index (χ3n) is 21.5. The second-order valence-corrected chi connectivity index (χ2v) is 36.7. The molecule has 7 aromatic rings. The maximum absolute atomic E-state index is 12.6. The fourth-order valence-corrected chi connectivity index (χ4v) is 21.7. The van der Waals surface area contributed by atoms with Gasteiger partial charge < -0.3 is 46.5 Å². The van der Waals surface area contributed by atoms with Gasteiger partial charge in [0.05, 0.1) is 31.0 Å². The zero-order chi connectivity index (χ0) is 77.5. The molecule has 9 unspecified atom stereocenters. The molecular weight excluding hydrogens is 1850 g/mol. The molecule has 1 spiro atoms. The molecule has 8 bridgehead atoms. The number of rotatable bonds is 9. The van der Waals surface area contributed by atoms with Gasteiger partial charge in [-0.2, -0.15) is 4.39 Å². The fraction of sp³-hybridized carbons (Fsp3) is 0.430. The molecule has 8 saturated heterocycles. The smallest absolute Gasteiger partial charge is 1.00 e. The molecule has 0 radical (unpaired) electrons. The second-order valence-electron chi connectivity index (χ2n) is 28.1. The first-order chi connectivity index (χ1) is 51.7. The van der Waals surface area contributed by atoms with Gasteiger partial charge in [-0.05, 0) is 232 Å². The number of thioether (sulfide) groups is 1. The number of ether oxygens (including phenoxy) is 1. The number of anilines is 4. The Morgan fingerprint density at radius 2 is 1.12 bits per heavy atom. The average molecular weight is 1940 g/mol. The molecule has 0 aliphatic carbocycles. The van der Waals surface area contributed by atoms with E-state index in [9.17, 15) is 34.2 Å². The van der Waals surface area contributed by atoms with E-state index in [1.54, 1.807) is 12.1 Å². The molecule has 32 heteroatoms. The number of piperidine rings is 4. The van der Waals surface area contributed by atoms with Crippen molar-refractivity contribution in [3.8, 4) is 0 Å². The van der Waals surface area contributed by atoms with E-state index in [0.29, 0.717) is 60.7 Å². The first-order valence-electron chi connectivity index (χ1n) is 35.7. The van der Waals surface area contributed by atoms with Crippen molar-refractivity contribution in [1.82, 2.24) is 19.6 Å². The van der Waals surface area contributed by atoms with Crippen LogP contribution in [0.2, 0.25) is 0 Å². The number of ketones is 1. The van der Waals surface area contributed by atoms with Gasteiger partial charge >= 0.3 is 114 Å². The normalized spacial score (nSPS) is 24.5. The van der Waals surface area contributed by atoms with E-state index in [-0.39, 0.29) is 129 Å². The van der Waals surface area contributed by atoms with Gasteiger partial charge in [-0.15, -0.1) is 12.6 Å². The predicted molar refractivity (Wildman–Crippen MR) is 453 cm³/mol. The van der Waals surface area contributed by atoms with Crippen molar-refractivity contribution >= 4 is 187 Å². The molecule has 7 aromatic carbocycles. The van der Waals surface area contributed by atoms with E-state index in [2.05, 4.69) is 234 Å². The minimum atomic E-state index is -0.873. The summed E-state index contributed by atoms with van der Waals surface area (Å²) in [6.45, 7) is 1.32. The number of hydrogen-bond acceptors (Lipinski definition) is 21. The molecular formula is C79H92Br4Cl2FK2N9O10S4. The van der Waals surface area contributed by atoms with Gasteiger partial charge in [0, 0.05) is 151 Å². The first kappa shape index (κ1) is 96.4. The predicted octanol–water partition coefficient (Wildman–Crippen LogP) is 15.6. The van der Waals surface area contributed by atoms with Gasteiger partial charge in [0.25, 0.3) is 12.2 Å². The number of hydrogen-bond donors (Lipinski definition) is 3. The Labute approximate surface area is 799 Å². The maximum Gasteiger partial charge on any atom is 1.00 e. The van der Waals surface area contributed by atoms with Crippen molar-refractivity contribution in [3.63, 3.8) is 0 Å². The van der Waals surface area contributed by atoms with Crippen LogP contribution in [0, 0.1) is 26.0 Å². The van der Waals surface area contributed by atoms with Crippen molar-refractivity contribution in [3.05, 3.63) is 196 Å². The Bertz CT molecular complexity index is 4210. The summed E-state index contributed by atoms with van der Waals surface area (Å²) < 4.78 is 20.1. The SMILES string of the molecule is C.CC(Cl)OC(=O)Cl.CN1C2CCC1CC(=O)C2.CN1C2CCC1CC(N1c3ccccc3Sc3cc(Br)ccc31)C2.CN1C2CCC1CC(Nc1ccccc1Sc1ccc(Br)cc1[N+](=O)[O-])C2.CN1C2CCC1CC1(C2)Nc2ccccc2S1.O=CO[O-].O=[N+]([O-])c1cc(Br)ccc1F.Sc1ccccc1Br.[H-].[K+].[K+]. The van der Waals surface area contributed by atoms with Crippen molar-refractivity contribution in [2.24, 2.45) is 0 Å². The summed E-state index contributed by atoms with van der Waals surface area (Å²) in [5.74, 6) is -0.344. The van der Waals surface area contributed by atoms with Crippen LogP contribution in [0.25, 0.3) is 0 Å². The van der Waals surface area contributed by atoms with Gasteiger partial charge in [-0.25, -0.2) is 4.79 Å². The van der Waals surface area contributed by atoms with Crippen molar-refractivity contribution in [2.45, 2.75) is 217 Å². The van der Waals surface area contributed by atoms with E-state index in [4.69, 9.17) is 33.3 Å². The minimum Gasteiger partial charge on any atom is -1.00 e. The van der Waals surface area contributed by atoms with Gasteiger partial charge in [0.15, 0.2) is 5.56 Å². The summed E-state index contributed by atoms with van der Waals surface area (Å²) in [6.07, 6.45) is 19.7. The molecule has 588 valence electrons. The number of thiol groups is 1. The Balaban J connectivity index is 0.000000211. The molecule has 0 aromatic heterocycles. The average Bonchev–Trinajstić information content (AvgIpc) is 1.53. The van der Waals surface area contributed by atoms with Gasteiger partial charge in [-0.1, -0.05) is 151 Å². The maximum atomic E-state index is 12.6. The van der Waals surface area contributed by atoms with E-state index in [0.717, 1.165) is 86.4 Å². The number of carbonyl (C=O) groups excluding carboxylic acids is 3. The number of nitro benzene ring substituents is 2. The summed E-state index contributed by atoms with van der Waals surface area (Å²) in [7, 11) is 9.02. The molecule has 0 amide bonds. The zero-order valence-corrected chi connectivity index (χ0v) is 79.7. The van der Waals surface area contributed by atoms with Crippen molar-refractivity contribution in [2.75, 3.05) is 43.7 Å². The van der Waals surface area contributed by atoms with Crippen LogP contribution >= 0.6 is 135 Å². The summed E-state index contributed by atoms with van der Waals surface area (Å²) >= 11 is 32.7. The zero-order valence-electron chi connectivity index (χ0n) is 63.2. The van der Waals surface area contributed by atoms with E-state index < -0.39 is 27.4 Å². The number of carbonyl (C=O) groups is 3. The summed E-state index contributed by atoms with van der Waals surface area (Å²) in [4.78, 5) is 72.4. The van der Waals surface area contributed by atoms with Crippen LogP contribution in [0.1, 0.15) is 119 Å². The Hall–Kier alpha value is -1.75. The monoisotopic (exact) mass is 1940 g/mol. The standard InChI is InChI=1S/C20H22BrN3O2S.C20H21BrN2S.C14H18N2S.C8H13NO.C6H3BrFNO2.C6H5BrS.C3H4Cl2O2.CH2O3.CH4.2K.H/c1-23-15-7-8-16(23)12-14(11-15)22-17-4-2-3-5-19(17)27-20-9-6-13(21)10-18(20)24(25)26;1-22-14-7-8-15(22)12-16(11-14)23-17-4-2-3-5-19(17)24-20-10-13(21)6-9-18(20)23;1-16-10-6-7-11(16)9-14(8-10)15-12-4-2-3-5-13(12)17-14;1-9-6-2-3-7(9)5-8(10)4-6;7-4-1-2-5(8)6(3-4)9(10)11;7-5-3-1-2-4-6(5)8;1-2(4)7-3(5)6;2-1-4-3;;;;/h2-6,9-10,14-16,22H,7-8,11-12H2,1H3;2-6,9-10,14-16H,7-8,11-12H2,1H3;2-5,10-11,15H,6-9H2,1H3;6-7H,2-5H2,1H3;1-3H;1-4,8H;2H,1H3;1,3H;1H4;;;/q;;;;;;;;;2*+1;-1/p-1. The molecule has 10 aliphatic heterocycles. The quantitative estimate of drug-likeness (QED) is 0.0179. The molecule has 10 aliphatic rings. The molecule has 9 atom stereocenters. The second kappa shape index (κ2) is 46.2. The Morgan fingerprint density at radius 3 is 1.65 bits per heavy atom. The first-order valence-corrected chi connectivity index (χ1v) is 42.6. The van der Waals surface area contributed by atoms with E-state index in [1.807, 2.05) is 60.3 Å². The molecule has 0 saturated carbocycles. The van der Waals surface area contributed by atoms with Crippen LogP contribution in [0.15, 0.2) is 199 Å². The number of fused-ring (bicyclic) bond motifs is 11. The number of para-hydroxylation sites is 3. The van der Waals surface area contributed by atoms with Crippen molar-refractivity contribution < 1.29 is 148 Å².